The molecule has 4 rings (SSSR count). The molecule has 0 bridgehead atoms. The Morgan fingerprint density at radius 1 is 1.00 bits per heavy atom. The number of piperidine rings is 1. The Morgan fingerprint density at radius 3 is 2.46 bits per heavy atom. The van der Waals surface area contributed by atoms with Gasteiger partial charge in [-0.05, 0) is 49.6 Å². The second kappa shape index (κ2) is 6.56. The van der Waals surface area contributed by atoms with E-state index >= 15 is 0 Å². The molecule has 2 heterocycles. The highest BCUT2D eigenvalue weighted by molar-refractivity contribution is 7.91. The van der Waals surface area contributed by atoms with Gasteiger partial charge in [0.05, 0.1) is 9.79 Å². The SMILES string of the molecule is O=C1c2ccccc2S(=O)(=O)c2cc(C(=O)N3CCCC[C@@H]3C(=O)O)ccc21. The predicted molar refractivity (Wildman–Crippen MR) is 98.1 cm³/mol. The molecule has 1 N–H and O–H groups in total. The van der Waals surface area contributed by atoms with Gasteiger partial charge in [-0.25, -0.2) is 13.2 Å². The number of nitrogens with zero attached hydrogens (tertiary/aromatic N) is 1. The number of amides is 1. The lowest BCUT2D eigenvalue weighted by atomic mass is 9.98. The Labute approximate surface area is 161 Å². The Bertz CT molecular complexity index is 1120. The number of aliphatic carboxylic acids is 1. The second-order valence-corrected chi connectivity index (χ2v) is 8.77. The molecule has 2 aromatic carbocycles. The van der Waals surface area contributed by atoms with E-state index in [0.29, 0.717) is 25.8 Å². The molecule has 28 heavy (non-hydrogen) atoms. The summed E-state index contributed by atoms with van der Waals surface area (Å²) in [4.78, 5) is 38.0. The van der Waals surface area contributed by atoms with Gasteiger partial charge in [0.25, 0.3) is 5.91 Å². The number of rotatable bonds is 2. The number of ketones is 1. The molecule has 0 radical (unpaired) electrons. The molecule has 1 fully saturated rings. The van der Waals surface area contributed by atoms with E-state index in [1.54, 1.807) is 6.07 Å². The second-order valence-electron chi connectivity index (χ2n) is 6.89. The lowest BCUT2D eigenvalue weighted by Gasteiger charge is -2.33. The van der Waals surface area contributed by atoms with Crippen molar-refractivity contribution in [3.63, 3.8) is 0 Å². The third-order valence-corrected chi connectivity index (χ3v) is 7.08. The Hall–Kier alpha value is -3.00. The summed E-state index contributed by atoms with van der Waals surface area (Å²) in [5.74, 6) is -2.04. The lowest BCUT2D eigenvalue weighted by Crippen LogP contribution is -2.48. The van der Waals surface area contributed by atoms with Crippen LogP contribution in [0, 0.1) is 0 Å². The van der Waals surface area contributed by atoms with Crippen molar-refractivity contribution in [3.8, 4) is 0 Å². The number of fused-ring (bicyclic) bond motifs is 2. The Kier molecular flexibility index (Phi) is 4.30. The van der Waals surface area contributed by atoms with Gasteiger partial charge in [-0.3, -0.25) is 9.59 Å². The van der Waals surface area contributed by atoms with E-state index in [1.165, 1.54) is 41.3 Å². The van der Waals surface area contributed by atoms with Gasteiger partial charge in [-0.1, -0.05) is 12.1 Å². The molecule has 2 aliphatic heterocycles. The van der Waals surface area contributed by atoms with Crippen LogP contribution < -0.4 is 0 Å². The number of benzene rings is 2. The molecule has 0 aromatic heterocycles. The molecule has 7 nitrogen and oxygen atoms in total. The van der Waals surface area contributed by atoms with Crippen LogP contribution in [0.15, 0.2) is 52.3 Å². The molecule has 144 valence electrons. The average Bonchev–Trinajstić information content (AvgIpc) is 2.71. The normalized spacial score (nSPS) is 20.2. The van der Waals surface area contributed by atoms with Crippen LogP contribution in [-0.2, 0) is 14.6 Å². The van der Waals surface area contributed by atoms with Crippen LogP contribution in [0.3, 0.4) is 0 Å². The van der Waals surface area contributed by atoms with Crippen molar-refractivity contribution in [1.82, 2.24) is 4.90 Å². The number of hydrogen-bond acceptors (Lipinski definition) is 5. The van der Waals surface area contributed by atoms with Crippen LogP contribution in [0.4, 0.5) is 0 Å². The van der Waals surface area contributed by atoms with Crippen molar-refractivity contribution in [2.45, 2.75) is 35.1 Å². The summed E-state index contributed by atoms with van der Waals surface area (Å²) in [5, 5.41) is 9.39. The van der Waals surface area contributed by atoms with Gasteiger partial charge in [-0.15, -0.1) is 0 Å². The maximum absolute atomic E-state index is 13.0. The summed E-state index contributed by atoms with van der Waals surface area (Å²) in [5.41, 5.74) is 0.183. The minimum atomic E-state index is -3.96. The minimum absolute atomic E-state index is 0.0173. The van der Waals surface area contributed by atoms with Gasteiger partial charge in [-0.2, -0.15) is 0 Å². The Balaban J connectivity index is 1.79. The first kappa shape index (κ1) is 18.4. The zero-order valence-electron chi connectivity index (χ0n) is 14.8. The molecule has 1 amide bonds. The van der Waals surface area contributed by atoms with E-state index < -0.39 is 33.5 Å². The van der Waals surface area contributed by atoms with Gasteiger partial charge in [0.2, 0.25) is 9.84 Å². The van der Waals surface area contributed by atoms with Crippen molar-refractivity contribution in [2.75, 3.05) is 6.54 Å². The fraction of sp³-hybridized carbons (Fsp3) is 0.250. The van der Waals surface area contributed by atoms with E-state index in [2.05, 4.69) is 0 Å². The van der Waals surface area contributed by atoms with E-state index in [9.17, 15) is 27.9 Å². The highest BCUT2D eigenvalue weighted by Crippen LogP contribution is 2.35. The maximum atomic E-state index is 13.0. The first-order chi connectivity index (χ1) is 13.3. The van der Waals surface area contributed by atoms with Crippen LogP contribution in [0.2, 0.25) is 0 Å². The monoisotopic (exact) mass is 399 g/mol. The average molecular weight is 399 g/mol. The van der Waals surface area contributed by atoms with Crippen molar-refractivity contribution in [1.29, 1.82) is 0 Å². The third kappa shape index (κ3) is 2.72. The van der Waals surface area contributed by atoms with E-state index in [-0.39, 0.29) is 26.5 Å². The molecular weight excluding hydrogens is 382 g/mol. The van der Waals surface area contributed by atoms with Crippen LogP contribution in [0.25, 0.3) is 0 Å². The lowest BCUT2D eigenvalue weighted by molar-refractivity contribution is -0.143. The van der Waals surface area contributed by atoms with Crippen LogP contribution in [-0.4, -0.2) is 48.7 Å². The summed E-state index contributed by atoms with van der Waals surface area (Å²) in [6, 6.07) is 8.93. The van der Waals surface area contributed by atoms with Gasteiger partial charge >= 0.3 is 5.97 Å². The minimum Gasteiger partial charge on any atom is -0.480 e. The van der Waals surface area contributed by atoms with Crippen LogP contribution in [0.1, 0.15) is 45.5 Å². The summed E-state index contributed by atoms with van der Waals surface area (Å²) in [6.45, 7) is 0.293. The molecule has 0 unspecified atom stereocenters. The van der Waals surface area contributed by atoms with E-state index in [4.69, 9.17) is 0 Å². The van der Waals surface area contributed by atoms with E-state index in [1.807, 2.05) is 0 Å². The maximum Gasteiger partial charge on any atom is 0.326 e. The predicted octanol–water partition coefficient (Wildman–Crippen LogP) is 2.14. The number of carboxylic acid groups (broad SMARTS) is 1. The smallest absolute Gasteiger partial charge is 0.326 e. The number of carboxylic acids is 1. The number of carbonyl (C=O) groups is 3. The number of likely N-dealkylation sites (tertiary alicyclic amines) is 1. The Morgan fingerprint density at radius 2 is 1.71 bits per heavy atom. The van der Waals surface area contributed by atoms with Gasteiger partial charge in [0.1, 0.15) is 6.04 Å². The van der Waals surface area contributed by atoms with Crippen molar-refractivity contribution in [3.05, 3.63) is 59.2 Å². The molecule has 0 aliphatic carbocycles. The van der Waals surface area contributed by atoms with Crippen molar-refractivity contribution >= 4 is 27.5 Å². The summed E-state index contributed by atoms with van der Waals surface area (Å²) >= 11 is 0. The first-order valence-corrected chi connectivity index (χ1v) is 10.4. The van der Waals surface area contributed by atoms with Crippen LogP contribution >= 0.6 is 0 Å². The number of hydrogen-bond donors (Lipinski definition) is 1. The summed E-state index contributed by atoms with van der Waals surface area (Å²) < 4.78 is 26.0. The first-order valence-electron chi connectivity index (χ1n) is 8.89. The molecule has 8 heteroatoms. The zero-order chi connectivity index (χ0) is 20.1. The summed E-state index contributed by atoms with van der Waals surface area (Å²) in [7, 11) is -3.96. The fourth-order valence-electron chi connectivity index (χ4n) is 3.81. The molecular formula is C20H17NO6S. The quantitative estimate of drug-likeness (QED) is 0.707. The molecule has 0 spiro atoms. The molecule has 0 saturated carbocycles. The highest BCUT2D eigenvalue weighted by Gasteiger charge is 2.37. The zero-order valence-corrected chi connectivity index (χ0v) is 15.6. The fourth-order valence-corrected chi connectivity index (χ4v) is 5.49. The molecule has 1 saturated heterocycles. The van der Waals surface area contributed by atoms with Gasteiger partial charge < -0.3 is 10.0 Å². The van der Waals surface area contributed by atoms with Gasteiger partial charge in [0.15, 0.2) is 5.78 Å². The molecule has 1 atom stereocenters. The highest BCUT2D eigenvalue weighted by atomic mass is 32.2. The van der Waals surface area contributed by atoms with Crippen LogP contribution in [0.5, 0.6) is 0 Å². The van der Waals surface area contributed by atoms with Crippen molar-refractivity contribution < 1.29 is 27.9 Å². The third-order valence-electron chi connectivity index (χ3n) is 5.23. The van der Waals surface area contributed by atoms with Gasteiger partial charge in [0, 0.05) is 23.2 Å². The molecule has 2 aromatic rings. The standard InChI is InChI=1S/C20H17NO6S/c22-18-13-5-1-2-7-16(13)28(26,27)17-11-12(8-9-14(17)18)19(23)21-10-4-3-6-15(21)20(24)25/h1-2,5,7-9,11,15H,3-4,6,10H2,(H,24,25)/t15-/m1/s1. The number of sulfone groups is 1. The van der Waals surface area contributed by atoms with Crippen molar-refractivity contribution in [2.24, 2.45) is 0 Å². The topological polar surface area (TPSA) is 109 Å². The van der Waals surface area contributed by atoms with E-state index in [0.717, 1.165) is 0 Å². The summed E-state index contributed by atoms with van der Waals surface area (Å²) in [6.07, 6.45) is 1.76. The molecule has 2 aliphatic rings. The number of carbonyl (C=O) groups excluding carboxylic acids is 2. The largest absolute Gasteiger partial charge is 0.480 e.